The molecule has 0 amide bonds. The largest absolute Gasteiger partial charge is 0.490 e. The molecule has 6 rings (SSSR count). The van der Waals surface area contributed by atoms with Crippen LogP contribution in [0.5, 0.6) is 5.75 Å². The maximum absolute atomic E-state index is 8.54. The molecule has 200 valence electrons. The number of halogens is 1. The van der Waals surface area contributed by atoms with Crippen molar-refractivity contribution in [1.82, 2.24) is 39.0 Å². The van der Waals surface area contributed by atoms with Gasteiger partial charge in [0.2, 0.25) is 0 Å². The van der Waals surface area contributed by atoms with Crippen LogP contribution in [-0.4, -0.2) is 123 Å². The van der Waals surface area contributed by atoms with Crippen molar-refractivity contribution >= 4 is 22.9 Å². The third-order valence-corrected chi connectivity index (χ3v) is 5.96. The van der Waals surface area contributed by atoms with Gasteiger partial charge in [-0.1, -0.05) is 11.6 Å². The lowest BCUT2D eigenvalue weighted by Gasteiger charge is -2.26. The fourth-order valence-corrected chi connectivity index (χ4v) is 3.88. The summed E-state index contributed by atoms with van der Waals surface area (Å²) >= 11 is 5.66. The molecule has 2 fully saturated rings. The van der Waals surface area contributed by atoms with Gasteiger partial charge in [-0.25, -0.2) is 19.0 Å². The Balaban J connectivity index is 0.000000143. The number of rotatable bonds is 6. The zero-order valence-electron chi connectivity index (χ0n) is 20.7. The van der Waals surface area contributed by atoms with Gasteiger partial charge in [0.05, 0.1) is 50.5 Å². The third kappa shape index (κ3) is 8.88. The van der Waals surface area contributed by atoms with Crippen LogP contribution in [0.25, 0.3) is 11.3 Å². The van der Waals surface area contributed by atoms with Crippen molar-refractivity contribution in [3.05, 3.63) is 54.3 Å². The lowest BCUT2D eigenvalue weighted by Crippen LogP contribution is -2.38. The third-order valence-electron chi connectivity index (χ3n) is 5.75. The smallest absolute Gasteiger partial charge is 0.157 e. The van der Waals surface area contributed by atoms with Gasteiger partial charge in [-0.3, -0.25) is 9.80 Å². The minimum absolute atomic E-state index is 0.264. The summed E-state index contributed by atoms with van der Waals surface area (Å²) < 4.78 is 19.5. The van der Waals surface area contributed by atoms with E-state index in [9.17, 15) is 0 Å². The standard InChI is InChI=1S/C12H16N4O2.C6H4ClN3.C6H13NO2/c1-2-16-12(13-1)9-11(10-14-16)18-8-5-15-3-6-17-7-4-15;7-5-3-6-8-1-2-10(6)9-4-5;8-4-1-7-2-5-9-6-3-7/h1-2,9-10H,3-8H2;1-4H;8H,1-6H2. The highest BCUT2D eigenvalue weighted by atomic mass is 35.5. The molecule has 4 aromatic heterocycles. The minimum atomic E-state index is 0.264. The van der Waals surface area contributed by atoms with E-state index in [4.69, 9.17) is 30.9 Å². The molecule has 13 heteroatoms. The molecule has 2 aliphatic heterocycles. The van der Waals surface area contributed by atoms with Crippen LogP contribution in [0.3, 0.4) is 0 Å². The van der Waals surface area contributed by atoms with Crippen molar-refractivity contribution in [2.45, 2.75) is 0 Å². The molecule has 6 heterocycles. The Morgan fingerprint density at radius 3 is 2.00 bits per heavy atom. The molecule has 0 radical (unpaired) electrons. The summed E-state index contributed by atoms with van der Waals surface area (Å²) in [5.74, 6) is 0.766. The molecule has 0 spiro atoms. The number of aliphatic hydroxyl groups excluding tert-OH is 1. The second-order valence-corrected chi connectivity index (χ2v) is 8.74. The number of ether oxygens (including phenoxy) is 3. The van der Waals surface area contributed by atoms with Gasteiger partial charge in [0.15, 0.2) is 11.3 Å². The topological polar surface area (TPSA) is 115 Å². The van der Waals surface area contributed by atoms with Gasteiger partial charge in [-0.2, -0.15) is 10.2 Å². The molecule has 0 unspecified atom stereocenters. The highest BCUT2D eigenvalue weighted by Crippen LogP contribution is 2.11. The van der Waals surface area contributed by atoms with Gasteiger partial charge < -0.3 is 19.3 Å². The van der Waals surface area contributed by atoms with E-state index in [2.05, 4.69) is 30.0 Å². The van der Waals surface area contributed by atoms with Gasteiger partial charge >= 0.3 is 0 Å². The summed E-state index contributed by atoms with van der Waals surface area (Å²) in [5.41, 5.74) is 1.58. The molecule has 0 aliphatic carbocycles. The Bertz CT molecular complexity index is 1190. The van der Waals surface area contributed by atoms with Gasteiger partial charge in [-0.05, 0) is 0 Å². The number of fused-ring (bicyclic) bond motifs is 2. The van der Waals surface area contributed by atoms with Crippen LogP contribution in [0.15, 0.2) is 49.3 Å². The second-order valence-electron chi connectivity index (χ2n) is 8.31. The van der Waals surface area contributed by atoms with Crippen LogP contribution in [0.2, 0.25) is 5.02 Å². The zero-order chi connectivity index (χ0) is 25.7. The maximum atomic E-state index is 8.54. The molecular weight excluding hydrogens is 500 g/mol. The molecule has 0 bridgehead atoms. The van der Waals surface area contributed by atoms with E-state index in [-0.39, 0.29) is 6.61 Å². The molecular formula is C24H33ClN8O4. The molecule has 12 nitrogen and oxygen atoms in total. The number of nitrogens with zero attached hydrogens (tertiary/aromatic N) is 8. The van der Waals surface area contributed by atoms with E-state index in [0.717, 1.165) is 82.7 Å². The lowest BCUT2D eigenvalue weighted by molar-refractivity contribution is 0.0306. The number of β-amino-alcohol motifs (C(OH)–C–C–N with tert-alkyl or cyclic N) is 1. The monoisotopic (exact) mass is 532 g/mol. The molecule has 2 aliphatic rings. The predicted molar refractivity (Wildman–Crippen MR) is 138 cm³/mol. The number of morpholine rings is 2. The molecule has 37 heavy (non-hydrogen) atoms. The van der Waals surface area contributed by atoms with Crippen LogP contribution in [0.1, 0.15) is 0 Å². The van der Waals surface area contributed by atoms with Crippen molar-refractivity contribution in [2.75, 3.05) is 78.9 Å². The van der Waals surface area contributed by atoms with Crippen molar-refractivity contribution in [2.24, 2.45) is 0 Å². The van der Waals surface area contributed by atoms with Crippen LogP contribution in [0, 0.1) is 0 Å². The van der Waals surface area contributed by atoms with E-state index in [1.54, 1.807) is 46.1 Å². The van der Waals surface area contributed by atoms with Gasteiger partial charge in [0.1, 0.15) is 12.4 Å². The molecule has 1 N–H and O–H groups in total. The first kappa shape index (κ1) is 27.2. The Morgan fingerprint density at radius 1 is 0.811 bits per heavy atom. The molecule has 4 aromatic rings. The Labute approximate surface area is 220 Å². The minimum Gasteiger partial charge on any atom is -0.490 e. The van der Waals surface area contributed by atoms with E-state index in [0.29, 0.717) is 11.6 Å². The fraction of sp³-hybridized carbons (Fsp3) is 0.500. The summed E-state index contributed by atoms with van der Waals surface area (Å²) in [7, 11) is 0. The highest BCUT2D eigenvalue weighted by Gasteiger charge is 2.10. The fourth-order valence-electron chi connectivity index (χ4n) is 3.74. The van der Waals surface area contributed by atoms with Gasteiger partial charge in [0.25, 0.3) is 0 Å². The average Bonchev–Trinajstić information content (AvgIpc) is 3.60. The second kappa shape index (κ2) is 14.8. The highest BCUT2D eigenvalue weighted by molar-refractivity contribution is 6.30. The summed E-state index contributed by atoms with van der Waals surface area (Å²) in [6, 6.07) is 3.65. The summed E-state index contributed by atoms with van der Waals surface area (Å²) in [6.45, 7) is 9.84. The number of aliphatic hydroxyl groups is 1. The maximum Gasteiger partial charge on any atom is 0.157 e. The first-order valence-electron chi connectivity index (χ1n) is 12.3. The predicted octanol–water partition coefficient (Wildman–Crippen LogP) is 1.13. The first-order chi connectivity index (χ1) is 18.2. The van der Waals surface area contributed by atoms with E-state index in [1.165, 1.54) is 0 Å². The summed E-state index contributed by atoms with van der Waals surface area (Å²) in [6.07, 6.45) is 10.3. The first-order valence-corrected chi connectivity index (χ1v) is 12.7. The van der Waals surface area contributed by atoms with Crippen LogP contribution in [-0.2, 0) is 9.47 Å². The number of aromatic nitrogens is 6. The van der Waals surface area contributed by atoms with E-state index >= 15 is 0 Å². The molecule has 0 aromatic carbocycles. The van der Waals surface area contributed by atoms with E-state index < -0.39 is 0 Å². The molecule has 0 atom stereocenters. The SMILES string of the molecule is Clc1cnn2ccnc2c1.OCCN1CCOCC1.c1cn2ncc(OCCN3CCOCC3)cc2n1. The van der Waals surface area contributed by atoms with Crippen LogP contribution >= 0.6 is 11.6 Å². The zero-order valence-corrected chi connectivity index (χ0v) is 21.5. The average molecular weight is 533 g/mol. The Kier molecular flexibility index (Phi) is 10.8. The summed E-state index contributed by atoms with van der Waals surface area (Å²) in [4.78, 5) is 12.7. The Morgan fingerprint density at radius 2 is 1.38 bits per heavy atom. The normalized spacial score (nSPS) is 16.6. The number of hydrogen-bond acceptors (Lipinski definition) is 10. The van der Waals surface area contributed by atoms with Crippen molar-refractivity contribution in [3.8, 4) is 5.75 Å². The van der Waals surface area contributed by atoms with Gasteiger partial charge in [-0.15, -0.1) is 0 Å². The van der Waals surface area contributed by atoms with Crippen LogP contribution < -0.4 is 4.74 Å². The molecule has 2 saturated heterocycles. The lowest BCUT2D eigenvalue weighted by atomic mass is 10.4. The Hall–Kier alpha value is -2.87. The van der Waals surface area contributed by atoms with Gasteiger partial charge in [0, 0.05) is 76.2 Å². The number of hydrogen-bond donors (Lipinski definition) is 1. The molecule has 0 saturated carbocycles. The number of imidazole rings is 2. The quantitative estimate of drug-likeness (QED) is 0.387. The van der Waals surface area contributed by atoms with Crippen molar-refractivity contribution in [3.63, 3.8) is 0 Å². The summed E-state index contributed by atoms with van der Waals surface area (Å²) in [5, 5.41) is 17.3. The van der Waals surface area contributed by atoms with Crippen molar-refractivity contribution < 1.29 is 19.3 Å². The van der Waals surface area contributed by atoms with Crippen molar-refractivity contribution in [1.29, 1.82) is 0 Å². The van der Waals surface area contributed by atoms with E-state index in [1.807, 2.05) is 12.3 Å². The van der Waals surface area contributed by atoms with Crippen LogP contribution in [0.4, 0.5) is 0 Å².